The topological polar surface area (TPSA) is 74.7 Å². The van der Waals surface area contributed by atoms with Crippen LogP contribution in [0.5, 0.6) is 0 Å². The summed E-state index contributed by atoms with van der Waals surface area (Å²) >= 11 is 6.10. The molecular formula is C14H20ClN3O3. The molecule has 1 saturated heterocycles. The number of carbonyl (C=O) groups excluding carboxylic acids is 1. The number of nitrogens with one attached hydrogen (secondary N) is 1. The van der Waals surface area contributed by atoms with Crippen LogP contribution in [0.4, 0.5) is 5.82 Å². The fraction of sp³-hybridized carbons (Fsp3) is 0.571. The van der Waals surface area contributed by atoms with Gasteiger partial charge < -0.3 is 20.1 Å². The summed E-state index contributed by atoms with van der Waals surface area (Å²) in [5, 5.41) is 12.6. The van der Waals surface area contributed by atoms with Gasteiger partial charge in [0.2, 0.25) is 0 Å². The minimum Gasteiger partial charge on any atom is -0.394 e. The van der Waals surface area contributed by atoms with Crippen molar-refractivity contribution in [3.05, 3.63) is 22.8 Å². The van der Waals surface area contributed by atoms with Crippen molar-refractivity contribution in [2.45, 2.75) is 26.1 Å². The number of amides is 1. The largest absolute Gasteiger partial charge is 0.394 e. The highest BCUT2D eigenvalue weighted by Crippen LogP contribution is 2.22. The lowest BCUT2D eigenvalue weighted by Gasteiger charge is -2.36. The van der Waals surface area contributed by atoms with Gasteiger partial charge in [-0.15, -0.1) is 0 Å². The summed E-state index contributed by atoms with van der Waals surface area (Å²) in [4.78, 5) is 18.4. The molecule has 0 aromatic carbocycles. The maximum Gasteiger partial charge on any atom is 0.255 e. The minimum absolute atomic E-state index is 0.110. The fourth-order valence-electron chi connectivity index (χ4n) is 2.36. The van der Waals surface area contributed by atoms with Gasteiger partial charge in [-0.05, 0) is 19.9 Å². The SMILES string of the molecule is CCNc1cc(C(=O)N2CC(C)OC(CO)C2)c(Cl)cn1. The van der Waals surface area contributed by atoms with Gasteiger partial charge in [-0.25, -0.2) is 4.98 Å². The van der Waals surface area contributed by atoms with E-state index in [2.05, 4.69) is 10.3 Å². The van der Waals surface area contributed by atoms with Crippen molar-refractivity contribution in [2.24, 2.45) is 0 Å². The lowest BCUT2D eigenvalue weighted by atomic mass is 10.1. The third-order valence-electron chi connectivity index (χ3n) is 3.26. The molecule has 0 radical (unpaired) electrons. The lowest BCUT2D eigenvalue weighted by molar-refractivity contribution is -0.0858. The molecule has 7 heteroatoms. The third-order valence-corrected chi connectivity index (χ3v) is 3.56. The summed E-state index contributed by atoms with van der Waals surface area (Å²) in [6.45, 7) is 5.26. The summed E-state index contributed by atoms with van der Waals surface area (Å²) in [6, 6.07) is 1.66. The number of pyridine rings is 1. The molecule has 1 aliphatic rings. The molecule has 2 N–H and O–H groups in total. The lowest BCUT2D eigenvalue weighted by Crippen LogP contribution is -2.50. The van der Waals surface area contributed by atoms with Crippen LogP contribution in [0.15, 0.2) is 12.3 Å². The van der Waals surface area contributed by atoms with Crippen molar-refractivity contribution in [2.75, 3.05) is 31.6 Å². The van der Waals surface area contributed by atoms with Crippen LogP contribution in [-0.2, 0) is 4.74 Å². The van der Waals surface area contributed by atoms with Gasteiger partial charge in [0.15, 0.2) is 0 Å². The number of morpholine rings is 1. The van der Waals surface area contributed by atoms with E-state index in [1.807, 2.05) is 13.8 Å². The highest BCUT2D eigenvalue weighted by molar-refractivity contribution is 6.33. The summed E-state index contributed by atoms with van der Waals surface area (Å²) in [5.74, 6) is 0.445. The second-order valence-corrected chi connectivity index (χ2v) is 5.45. The first kappa shape index (κ1) is 16.0. The van der Waals surface area contributed by atoms with Crippen molar-refractivity contribution < 1.29 is 14.6 Å². The van der Waals surface area contributed by atoms with Gasteiger partial charge in [-0.3, -0.25) is 4.79 Å². The van der Waals surface area contributed by atoms with Crippen LogP contribution in [0.25, 0.3) is 0 Å². The predicted molar refractivity (Wildman–Crippen MR) is 80.7 cm³/mol. The Balaban J connectivity index is 2.20. The van der Waals surface area contributed by atoms with Gasteiger partial charge in [0.05, 0.1) is 29.4 Å². The van der Waals surface area contributed by atoms with Crippen LogP contribution in [0, 0.1) is 0 Å². The maximum absolute atomic E-state index is 12.6. The molecule has 116 valence electrons. The molecule has 2 unspecified atom stereocenters. The Bertz CT molecular complexity index is 512. The maximum atomic E-state index is 12.6. The Morgan fingerprint density at radius 1 is 1.62 bits per heavy atom. The van der Waals surface area contributed by atoms with E-state index in [1.54, 1.807) is 11.0 Å². The van der Waals surface area contributed by atoms with Gasteiger partial charge in [0.25, 0.3) is 5.91 Å². The molecule has 0 bridgehead atoms. The number of aliphatic hydroxyl groups excluding tert-OH is 1. The van der Waals surface area contributed by atoms with Gasteiger partial charge in [-0.2, -0.15) is 0 Å². The molecule has 0 saturated carbocycles. The highest BCUT2D eigenvalue weighted by Gasteiger charge is 2.29. The molecule has 1 aromatic rings. The molecule has 2 heterocycles. The second-order valence-electron chi connectivity index (χ2n) is 5.04. The number of aromatic nitrogens is 1. The first-order valence-electron chi connectivity index (χ1n) is 7.00. The molecule has 6 nitrogen and oxygen atoms in total. The van der Waals surface area contributed by atoms with E-state index in [1.165, 1.54) is 6.20 Å². The second kappa shape index (κ2) is 7.06. The predicted octanol–water partition coefficient (Wildman–Crippen LogP) is 1.39. The standard InChI is InChI=1S/C14H20ClN3O3/c1-3-16-13-4-11(12(15)5-17-13)14(20)18-6-9(2)21-10(7-18)8-19/h4-5,9-10,19H,3,6-8H2,1-2H3,(H,16,17). The summed E-state index contributed by atoms with van der Waals surface area (Å²) in [7, 11) is 0. The Kier molecular flexibility index (Phi) is 5.39. The number of ether oxygens (including phenoxy) is 1. The molecule has 1 aliphatic heterocycles. The van der Waals surface area contributed by atoms with Crippen LogP contribution >= 0.6 is 11.6 Å². The molecule has 1 aromatic heterocycles. The number of aliphatic hydroxyl groups is 1. The number of rotatable bonds is 4. The van der Waals surface area contributed by atoms with Crippen molar-refractivity contribution in [1.82, 2.24) is 9.88 Å². The van der Waals surface area contributed by atoms with Crippen LogP contribution < -0.4 is 5.32 Å². The van der Waals surface area contributed by atoms with Crippen LogP contribution in [0.1, 0.15) is 24.2 Å². The van der Waals surface area contributed by atoms with E-state index >= 15 is 0 Å². The molecule has 0 spiro atoms. The minimum atomic E-state index is -0.355. The number of hydrogen-bond acceptors (Lipinski definition) is 5. The number of hydrogen-bond donors (Lipinski definition) is 2. The first-order chi connectivity index (χ1) is 10.0. The molecule has 1 fully saturated rings. The van der Waals surface area contributed by atoms with E-state index in [0.29, 0.717) is 36.0 Å². The fourth-order valence-corrected chi connectivity index (χ4v) is 2.55. The molecule has 21 heavy (non-hydrogen) atoms. The van der Waals surface area contributed by atoms with E-state index in [4.69, 9.17) is 16.3 Å². The summed E-state index contributed by atoms with van der Waals surface area (Å²) < 4.78 is 5.54. The Morgan fingerprint density at radius 3 is 3.05 bits per heavy atom. The molecule has 1 amide bonds. The van der Waals surface area contributed by atoms with Crippen molar-refractivity contribution in [3.8, 4) is 0 Å². The summed E-state index contributed by atoms with van der Waals surface area (Å²) in [5.41, 5.74) is 0.411. The molecule has 2 rings (SSSR count). The van der Waals surface area contributed by atoms with Gasteiger partial charge >= 0.3 is 0 Å². The zero-order chi connectivity index (χ0) is 15.4. The quantitative estimate of drug-likeness (QED) is 0.878. The molecule has 2 atom stereocenters. The van der Waals surface area contributed by atoms with Crippen LogP contribution in [0.2, 0.25) is 5.02 Å². The van der Waals surface area contributed by atoms with Crippen molar-refractivity contribution in [3.63, 3.8) is 0 Å². The Labute approximate surface area is 129 Å². The Morgan fingerprint density at radius 2 is 2.38 bits per heavy atom. The van der Waals surface area contributed by atoms with E-state index in [9.17, 15) is 9.90 Å². The average molecular weight is 314 g/mol. The first-order valence-corrected chi connectivity index (χ1v) is 7.38. The zero-order valence-electron chi connectivity index (χ0n) is 12.2. The van der Waals surface area contributed by atoms with Gasteiger partial charge in [0.1, 0.15) is 5.82 Å². The van der Waals surface area contributed by atoms with Gasteiger partial charge in [-0.1, -0.05) is 11.6 Å². The van der Waals surface area contributed by atoms with Crippen LogP contribution in [0.3, 0.4) is 0 Å². The smallest absolute Gasteiger partial charge is 0.255 e. The molecular weight excluding hydrogens is 294 g/mol. The van der Waals surface area contributed by atoms with E-state index in [0.717, 1.165) is 0 Å². The number of nitrogens with zero attached hydrogens (tertiary/aromatic N) is 2. The normalized spacial score (nSPS) is 22.2. The van der Waals surface area contributed by atoms with Gasteiger partial charge in [0, 0.05) is 25.8 Å². The van der Waals surface area contributed by atoms with Crippen molar-refractivity contribution in [1.29, 1.82) is 0 Å². The number of carbonyl (C=O) groups is 1. The Hall–Kier alpha value is -1.37. The summed E-state index contributed by atoms with van der Waals surface area (Å²) in [6.07, 6.45) is 1.00. The average Bonchev–Trinajstić information content (AvgIpc) is 2.48. The van der Waals surface area contributed by atoms with Crippen molar-refractivity contribution >= 4 is 23.3 Å². The number of anilines is 1. The zero-order valence-corrected chi connectivity index (χ0v) is 12.9. The van der Waals surface area contributed by atoms with E-state index < -0.39 is 0 Å². The van der Waals surface area contributed by atoms with Crippen LogP contribution in [-0.4, -0.2) is 59.3 Å². The monoisotopic (exact) mass is 313 g/mol. The number of halogens is 1. The highest BCUT2D eigenvalue weighted by atomic mass is 35.5. The van der Waals surface area contributed by atoms with E-state index in [-0.39, 0.29) is 24.7 Å². The molecule has 0 aliphatic carbocycles. The third kappa shape index (κ3) is 3.84.